The van der Waals surface area contributed by atoms with Gasteiger partial charge in [0.15, 0.2) is 0 Å². The van der Waals surface area contributed by atoms with E-state index in [1.165, 1.54) is 11.4 Å². The summed E-state index contributed by atoms with van der Waals surface area (Å²) in [5, 5.41) is 5.32. The van der Waals surface area contributed by atoms with E-state index in [2.05, 4.69) is 46.2 Å². The van der Waals surface area contributed by atoms with Crippen molar-refractivity contribution in [2.24, 2.45) is 7.05 Å². The molecule has 86 valence electrons. The van der Waals surface area contributed by atoms with Crippen LogP contribution in [0.15, 0.2) is 0 Å². The van der Waals surface area contributed by atoms with Gasteiger partial charge in [0, 0.05) is 37.3 Å². The number of nitrogens with zero attached hydrogens (tertiary/aromatic N) is 3. The molecule has 0 saturated carbocycles. The molecule has 1 rings (SSSR count). The zero-order valence-electron chi connectivity index (χ0n) is 9.75. The predicted octanol–water partition coefficient (Wildman–Crippen LogP) is 2.42. The summed E-state index contributed by atoms with van der Waals surface area (Å²) in [5.41, 5.74) is 2.40. The van der Waals surface area contributed by atoms with Crippen LogP contribution in [-0.2, 0) is 12.4 Å². The molecule has 0 spiro atoms. The number of rotatable bonds is 5. The van der Waals surface area contributed by atoms with Gasteiger partial charge in [0.1, 0.15) is 5.82 Å². The standard InChI is InChI=1S/C10H18BrN3S/c1-8-9(7-11)10(14(3)12-8)13(2)5-6-15-4/h5-7H2,1-4H3. The Balaban J connectivity index is 2.91. The molecule has 0 aliphatic heterocycles. The van der Waals surface area contributed by atoms with Gasteiger partial charge in [-0.25, -0.2) is 0 Å². The molecule has 3 nitrogen and oxygen atoms in total. The first-order valence-corrected chi connectivity index (χ1v) is 7.41. The van der Waals surface area contributed by atoms with Gasteiger partial charge in [-0.3, -0.25) is 4.68 Å². The van der Waals surface area contributed by atoms with Gasteiger partial charge in [-0.2, -0.15) is 16.9 Å². The molecule has 0 fully saturated rings. The molecule has 0 N–H and O–H groups in total. The van der Waals surface area contributed by atoms with E-state index in [4.69, 9.17) is 0 Å². The van der Waals surface area contributed by atoms with Gasteiger partial charge in [-0.1, -0.05) is 15.9 Å². The van der Waals surface area contributed by atoms with Crippen molar-refractivity contribution in [2.75, 3.05) is 30.5 Å². The molecule has 0 bridgehead atoms. The summed E-state index contributed by atoms with van der Waals surface area (Å²) >= 11 is 5.39. The Morgan fingerprint density at radius 3 is 2.73 bits per heavy atom. The van der Waals surface area contributed by atoms with E-state index in [-0.39, 0.29) is 0 Å². The summed E-state index contributed by atoms with van der Waals surface area (Å²) in [5.74, 6) is 2.36. The molecule has 0 aromatic carbocycles. The highest BCUT2D eigenvalue weighted by Gasteiger charge is 2.15. The van der Waals surface area contributed by atoms with Gasteiger partial charge >= 0.3 is 0 Å². The Bertz CT molecular complexity index is 325. The lowest BCUT2D eigenvalue weighted by molar-refractivity contribution is 0.734. The summed E-state index contributed by atoms with van der Waals surface area (Å²) in [6.07, 6.45) is 2.13. The lowest BCUT2D eigenvalue weighted by Gasteiger charge is -2.20. The van der Waals surface area contributed by atoms with E-state index in [1.54, 1.807) is 0 Å². The second-order valence-corrected chi connectivity index (χ2v) is 5.11. The molecular formula is C10H18BrN3S. The lowest BCUT2D eigenvalue weighted by atomic mass is 10.2. The van der Waals surface area contributed by atoms with Crippen molar-refractivity contribution in [1.82, 2.24) is 9.78 Å². The minimum absolute atomic E-state index is 0.867. The van der Waals surface area contributed by atoms with Crippen LogP contribution in [0, 0.1) is 6.92 Å². The number of aryl methyl sites for hydroxylation is 2. The molecule has 0 saturated heterocycles. The van der Waals surface area contributed by atoms with Crippen LogP contribution in [0.2, 0.25) is 0 Å². The smallest absolute Gasteiger partial charge is 0.130 e. The van der Waals surface area contributed by atoms with E-state index >= 15 is 0 Å². The Kier molecular flexibility index (Phi) is 4.99. The number of hydrogen-bond acceptors (Lipinski definition) is 3. The molecule has 0 amide bonds. The molecule has 1 aromatic rings. The van der Waals surface area contributed by atoms with E-state index in [1.807, 2.05) is 23.5 Å². The van der Waals surface area contributed by atoms with Crippen LogP contribution in [0.4, 0.5) is 5.82 Å². The second-order valence-electron chi connectivity index (χ2n) is 3.56. The van der Waals surface area contributed by atoms with Crippen LogP contribution in [0.25, 0.3) is 0 Å². The predicted molar refractivity (Wildman–Crippen MR) is 72.2 cm³/mol. The fourth-order valence-corrected chi connectivity index (χ4v) is 2.77. The maximum absolute atomic E-state index is 4.45. The van der Waals surface area contributed by atoms with Crippen LogP contribution in [0.3, 0.4) is 0 Å². The normalized spacial score (nSPS) is 10.7. The molecule has 0 radical (unpaired) electrons. The van der Waals surface area contributed by atoms with Crippen molar-refractivity contribution in [3.63, 3.8) is 0 Å². The zero-order valence-corrected chi connectivity index (χ0v) is 12.2. The molecule has 0 atom stereocenters. The highest BCUT2D eigenvalue weighted by molar-refractivity contribution is 9.08. The van der Waals surface area contributed by atoms with E-state index < -0.39 is 0 Å². The third-order valence-corrected chi connectivity index (χ3v) is 3.59. The molecule has 0 aliphatic carbocycles. The summed E-state index contributed by atoms with van der Waals surface area (Å²) in [6.45, 7) is 3.11. The van der Waals surface area contributed by atoms with Crippen molar-refractivity contribution >= 4 is 33.5 Å². The van der Waals surface area contributed by atoms with Gasteiger partial charge < -0.3 is 4.90 Å². The first-order chi connectivity index (χ1) is 7.11. The van der Waals surface area contributed by atoms with Gasteiger partial charge in [0.2, 0.25) is 0 Å². The highest BCUT2D eigenvalue weighted by Crippen LogP contribution is 2.24. The van der Waals surface area contributed by atoms with Crippen LogP contribution < -0.4 is 4.90 Å². The quantitative estimate of drug-likeness (QED) is 0.778. The van der Waals surface area contributed by atoms with Gasteiger partial charge in [0.05, 0.1) is 5.69 Å². The van der Waals surface area contributed by atoms with Crippen molar-refractivity contribution in [3.8, 4) is 0 Å². The Morgan fingerprint density at radius 2 is 2.20 bits per heavy atom. The van der Waals surface area contributed by atoms with E-state index in [0.717, 1.165) is 23.3 Å². The monoisotopic (exact) mass is 291 g/mol. The Hall–Kier alpha value is -0.160. The second kappa shape index (κ2) is 5.80. The minimum atomic E-state index is 0.867. The fourth-order valence-electron chi connectivity index (χ4n) is 1.66. The largest absolute Gasteiger partial charge is 0.359 e. The summed E-state index contributed by atoms with van der Waals surface area (Å²) in [7, 11) is 4.13. The van der Waals surface area contributed by atoms with Crippen LogP contribution >= 0.6 is 27.7 Å². The first kappa shape index (κ1) is 12.9. The maximum Gasteiger partial charge on any atom is 0.130 e. The summed E-state index contributed by atoms with van der Waals surface area (Å²) < 4.78 is 1.96. The molecule has 15 heavy (non-hydrogen) atoms. The SMILES string of the molecule is CSCCN(C)c1c(CBr)c(C)nn1C. The average Bonchev–Trinajstić information content (AvgIpc) is 2.49. The highest BCUT2D eigenvalue weighted by atomic mass is 79.9. The van der Waals surface area contributed by atoms with Crippen molar-refractivity contribution in [2.45, 2.75) is 12.3 Å². The van der Waals surface area contributed by atoms with Crippen LogP contribution in [0.1, 0.15) is 11.3 Å². The van der Waals surface area contributed by atoms with Crippen molar-refractivity contribution < 1.29 is 0 Å². The third-order valence-electron chi connectivity index (χ3n) is 2.44. The van der Waals surface area contributed by atoms with E-state index in [9.17, 15) is 0 Å². The molecule has 1 heterocycles. The fraction of sp³-hybridized carbons (Fsp3) is 0.700. The molecule has 0 aliphatic rings. The Morgan fingerprint density at radius 1 is 1.53 bits per heavy atom. The molecular weight excluding hydrogens is 274 g/mol. The summed E-state index contributed by atoms with van der Waals surface area (Å²) in [6, 6.07) is 0. The van der Waals surface area contributed by atoms with E-state index in [0.29, 0.717) is 0 Å². The van der Waals surface area contributed by atoms with Gasteiger partial charge in [0.25, 0.3) is 0 Å². The molecule has 5 heteroatoms. The maximum atomic E-state index is 4.45. The number of thioether (sulfide) groups is 1. The molecule has 1 aromatic heterocycles. The number of anilines is 1. The number of aromatic nitrogens is 2. The lowest BCUT2D eigenvalue weighted by Crippen LogP contribution is -2.23. The van der Waals surface area contributed by atoms with Crippen LogP contribution in [-0.4, -0.2) is 35.4 Å². The molecule has 0 unspecified atom stereocenters. The zero-order chi connectivity index (χ0) is 11.4. The van der Waals surface area contributed by atoms with Gasteiger partial charge in [-0.05, 0) is 13.2 Å². The number of halogens is 1. The van der Waals surface area contributed by atoms with Crippen LogP contribution in [0.5, 0.6) is 0 Å². The third kappa shape index (κ3) is 2.91. The first-order valence-electron chi connectivity index (χ1n) is 4.90. The van der Waals surface area contributed by atoms with Crippen molar-refractivity contribution in [3.05, 3.63) is 11.3 Å². The van der Waals surface area contributed by atoms with Gasteiger partial charge in [-0.15, -0.1) is 0 Å². The number of hydrogen-bond donors (Lipinski definition) is 0. The topological polar surface area (TPSA) is 21.1 Å². The average molecular weight is 292 g/mol. The Labute approximate surface area is 104 Å². The minimum Gasteiger partial charge on any atom is -0.359 e. The van der Waals surface area contributed by atoms with Crippen molar-refractivity contribution in [1.29, 1.82) is 0 Å². The summed E-state index contributed by atoms with van der Waals surface area (Å²) in [4.78, 5) is 2.27. The number of alkyl halides is 1.